The molecule has 0 aliphatic heterocycles. The van der Waals surface area contributed by atoms with Crippen molar-refractivity contribution in [3.05, 3.63) is 41.2 Å². The molecule has 0 saturated heterocycles. The SMILES string of the molecule is CC(=O)N=S(C)(=O)c1cccc(NC(=O)c2c(C(F)(F)F)c(C3CC3)nn2CC2(C)CC(F)(F)C2)c1. The molecule has 2 fully saturated rings. The maximum Gasteiger partial charge on any atom is 0.420 e. The van der Waals surface area contributed by atoms with E-state index in [0.29, 0.717) is 12.8 Å². The Morgan fingerprint density at radius 2 is 1.89 bits per heavy atom. The molecule has 1 aromatic carbocycles. The zero-order chi connectivity index (χ0) is 26.7. The number of carbonyl (C=O) groups excluding carboxylic acids is 2. The van der Waals surface area contributed by atoms with E-state index in [4.69, 9.17) is 0 Å². The van der Waals surface area contributed by atoms with Crippen LogP contribution in [0.2, 0.25) is 0 Å². The second-order valence-corrected chi connectivity index (χ2v) is 12.2. The highest BCUT2D eigenvalue weighted by Crippen LogP contribution is 2.53. The zero-order valence-electron chi connectivity index (χ0n) is 19.8. The first kappa shape index (κ1) is 26.2. The minimum Gasteiger partial charge on any atom is -0.321 e. The third-order valence-corrected chi connectivity index (χ3v) is 7.91. The Balaban J connectivity index is 1.73. The predicted octanol–water partition coefficient (Wildman–Crippen LogP) is 5.47. The molecule has 4 rings (SSSR count). The Hall–Kier alpha value is -2.83. The number of nitrogens with one attached hydrogen (secondary N) is 1. The van der Waals surface area contributed by atoms with Crippen molar-refractivity contribution in [3.63, 3.8) is 0 Å². The fraction of sp³-hybridized carbons (Fsp3) is 0.522. The molecule has 1 aromatic heterocycles. The van der Waals surface area contributed by atoms with Crippen molar-refractivity contribution in [2.75, 3.05) is 11.6 Å². The standard InChI is InChI=1S/C23H25F5N4O3S/c1-13(33)31-36(3,35)16-6-4-5-15(9-16)29-20(34)19-17(23(26,27)28)18(14-7-8-14)30-32(19)12-21(2)10-22(24,25)11-21/h4-6,9,14H,7-8,10-12H2,1-3H3,(H,29,34). The highest BCUT2D eigenvalue weighted by atomic mass is 32.2. The number of rotatable bonds is 6. The molecule has 0 radical (unpaired) electrons. The van der Waals surface area contributed by atoms with Crippen molar-refractivity contribution >= 4 is 27.2 Å². The maximum atomic E-state index is 14.2. The van der Waals surface area contributed by atoms with Gasteiger partial charge in [-0.25, -0.2) is 13.0 Å². The van der Waals surface area contributed by atoms with Crippen molar-refractivity contribution in [1.29, 1.82) is 0 Å². The van der Waals surface area contributed by atoms with Gasteiger partial charge in [-0.2, -0.15) is 22.6 Å². The maximum absolute atomic E-state index is 14.2. The van der Waals surface area contributed by atoms with Gasteiger partial charge in [0.05, 0.1) is 15.4 Å². The van der Waals surface area contributed by atoms with E-state index in [1.54, 1.807) is 0 Å². The molecular weight excluding hydrogens is 507 g/mol. The first-order valence-corrected chi connectivity index (χ1v) is 13.1. The van der Waals surface area contributed by atoms with Crippen LogP contribution < -0.4 is 5.32 Å². The Bertz CT molecular complexity index is 1350. The molecule has 2 aliphatic rings. The quantitative estimate of drug-likeness (QED) is 0.500. The molecule has 196 valence electrons. The normalized spacial score (nSPS) is 20.2. The van der Waals surface area contributed by atoms with Crippen LogP contribution in [0.25, 0.3) is 0 Å². The second-order valence-electron chi connectivity index (χ2n) is 9.95. The number of hydrogen-bond acceptors (Lipinski definition) is 4. The van der Waals surface area contributed by atoms with Crippen molar-refractivity contribution in [2.24, 2.45) is 9.78 Å². The van der Waals surface area contributed by atoms with Gasteiger partial charge < -0.3 is 5.32 Å². The Morgan fingerprint density at radius 1 is 1.25 bits per heavy atom. The number of alkyl halides is 5. The molecule has 0 bridgehead atoms. The van der Waals surface area contributed by atoms with Gasteiger partial charge in [-0.3, -0.25) is 14.3 Å². The first-order valence-electron chi connectivity index (χ1n) is 11.2. The van der Waals surface area contributed by atoms with Crippen LogP contribution in [-0.4, -0.2) is 38.0 Å². The average molecular weight is 533 g/mol. The van der Waals surface area contributed by atoms with E-state index in [0.717, 1.165) is 11.6 Å². The van der Waals surface area contributed by atoms with Gasteiger partial charge in [0.2, 0.25) is 5.92 Å². The summed E-state index contributed by atoms with van der Waals surface area (Å²) in [5.41, 5.74) is -3.17. The van der Waals surface area contributed by atoms with Crippen molar-refractivity contribution in [2.45, 2.75) is 69.0 Å². The molecule has 1 unspecified atom stereocenters. The smallest absolute Gasteiger partial charge is 0.321 e. The molecule has 13 heteroatoms. The van der Waals surface area contributed by atoms with Crippen LogP contribution >= 0.6 is 0 Å². The van der Waals surface area contributed by atoms with E-state index in [9.17, 15) is 35.8 Å². The number of amides is 2. The van der Waals surface area contributed by atoms with Crippen LogP contribution in [0.3, 0.4) is 0 Å². The van der Waals surface area contributed by atoms with E-state index in [1.165, 1.54) is 37.4 Å². The minimum absolute atomic E-state index is 0.0288. The Labute approximate surface area is 204 Å². The lowest BCUT2D eigenvalue weighted by Gasteiger charge is -2.44. The van der Waals surface area contributed by atoms with E-state index < -0.39 is 69.1 Å². The molecule has 2 amide bonds. The predicted molar refractivity (Wildman–Crippen MR) is 121 cm³/mol. The van der Waals surface area contributed by atoms with Crippen molar-refractivity contribution < 1.29 is 35.8 Å². The van der Waals surface area contributed by atoms with Gasteiger partial charge in [0.1, 0.15) is 11.3 Å². The second kappa shape index (κ2) is 8.63. The summed E-state index contributed by atoms with van der Waals surface area (Å²) in [6, 6.07) is 5.47. The minimum atomic E-state index is -4.90. The van der Waals surface area contributed by atoms with Crippen LogP contribution in [-0.2, 0) is 27.2 Å². The van der Waals surface area contributed by atoms with Crippen molar-refractivity contribution in [3.8, 4) is 0 Å². The van der Waals surface area contributed by atoms with Gasteiger partial charge in [0.15, 0.2) is 0 Å². The van der Waals surface area contributed by atoms with Crippen LogP contribution in [0, 0.1) is 5.41 Å². The highest BCUT2D eigenvalue weighted by Gasteiger charge is 2.55. The molecule has 0 spiro atoms. The van der Waals surface area contributed by atoms with Gasteiger partial charge in [-0.1, -0.05) is 13.0 Å². The Kier molecular flexibility index (Phi) is 6.29. The third kappa shape index (κ3) is 5.45. The summed E-state index contributed by atoms with van der Waals surface area (Å²) in [5, 5.41) is 6.49. The number of aromatic nitrogens is 2. The lowest BCUT2D eigenvalue weighted by Crippen LogP contribution is -2.47. The number of carbonyl (C=O) groups is 2. The summed E-state index contributed by atoms with van der Waals surface area (Å²) in [7, 11) is -3.15. The fourth-order valence-corrected chi connectivity index (χ4v) is 5.99. The van der Waals surface area contributed by atoms with Gasteiger partial charge in [-0.15, -0.1) is 0 Å². The fourth-order valence-electron chi connectivity index (χ4n) is 4.72. The number of benzene rings is 1. The summed E-state index contributed by atoms with van der Waals surface area (Å²) in [6.45, 7) is 2.38. The lowest BCUT2D eigenvalue weighted by molar-refractivity contribution is -0.160. The molecule has 7 nitrogen and oxygen atoms in total. The van der Waals surface area contributed by atoms with Gasteiger partial charge in [0, 0.05) is 49.1 Å². The van der Waals surface area contributed by atoms with Gasteiger partial charge >= 0.3 is 6.18 Å². The van der Waals surface area contributed by atoms with Gasteiger partial charge in [-0.05, 0) is 36.5 Å². The molecule has 2 aliphatic carbocycles. The molecular formula is C23H25F5N4O3S. The Morgan fingerprint density at radius 3 is 2.42 bits per heavy atom. The summed E-state index contributed by atoms with van der Waals surface area (Å²) in [4.78, 5) is 24.7. The van der Waals surface area contributed by atoms with E-state index in [1.807, 2.05) is 0 Å². The summed E-state index contributed by atoms with van der Waals surface area (Å²) < 4.78 is 86.9. The molecule has 2 aromatic rings. The lowest BCUT2D eigenvalue weighted by atomic mass is 9.67. The van der Waals surface area contributed by atoms with E-state index in [2.05, 4.69) is 14.8 Å². The molecule has 1 N–H and O–H groups in total. The molecule has 1 atom stereocenters. The van der Waals surface area contributed by atoms with E-state index in [-0.39, 0.29) is 22.8 Å². The largest absolute Gasteiger partial charge is 0.420 e. The summed E-state index contributed by atoms with van der Waals surface area (Å²) >= 11 is 0. The van der Waals surface area contributed by atoms with Crippen LogP contribution in [0.15, 0.2) is 33.5 Å². The molecule has 36 heavy (non-hydrogen) atoms. The number of halogens is 5. The van der Waals surface area contributed by atoms with Crippen molar-refractivity contribution in [1.82, 2.24) is 9.78 Å². The number of hydrogen-bond donors (Lipinski definition) is 1. The summed E-state index contributed by atoms with van der Waals surface area (Å²) in [5.74, 6) is -5.15. The third-order valence-electron chi connectivity index (χ3n) is 6.18. The zero-order valence-corrected chi connectivity index (χ0v) is 20.6. The van der Waals surface area contributed by atoms with Gasteiger partial charge in [0.25, 0.3) is 11.8 Å². The average Bonchev–Trinajstić information content (AvgIpc) is 3.45. The first-order chi connectivity index (χ1) is 16.5. The highest BCUT2D eigenvalue weighted by molar-refractivity contribution is 7.93. The van der Waals surface area contributed by atoms with E-state index >= 15 is 0 Å². The number of nitrogens with zero attached hydrogens (tertiary/aromatic N) is 3. The summed E-state index contributed by atoms with van der Waals surface area (Å²) in [6.07, 6.45) is -3.73. The van der Waals surface area contributed by atoms with Crippen LogP contribution in [0.1, 0.15) is 67.2 Å². The molecule has 2 saturated carbocycles. The van der Waals surface area contributed by atoms with Crippen LogP contribution in [0.5, 0.6) is 0 Å². The monoisotopic (exact) mass is 532 g/mol. The van der Waals surface area contributed by atoms with Crippen LogP contribution in [0.4, 0.5) is 27.6 Å². The topological polar surface area (TPSA) is 93.4 Å². The number of anilines is 1. The molecule has 1 heterocycles.